The third kappa shape index (κ3) is 2.96. The minimum absolute atomic E-state index is 0.629. The highest BCUT2D eigenvalue weighted by molar-refractivity contribution is 6.30. The average Bonchev–Trinajstić information content (AvgIpc) is 2.64. The molecular weight excluding hydrogens is 256 g/mol. The summed E-state index contributed by atoms with van der Waals surface area (Å²) in [5.74, 6) is 0. The number of aromatic nitrogens is 1. The molecule has 0 radical (unpaired) electrons. The highest BCUT2D eigenvalue weighted by Gasteiger charge is 2.14. The molecule has 19 heavy (non-hydrogen) atoms. The van der Waals surface area contributed by atoms with Crippen LogP contribution in [0.5, 0.6) is 0 Å². The molecule has 3 heteroatoms. The van der Waals surface area contributed by atoms with Crippen LogP contribution in [0.2, 0.25) is 5.15 Å². The van der Waals surface area contributed by atoms with Crippen LogP contribution in [-0.2, 0) is 19.4 Å². The van der Waals surface area contributed by atoms with Crippen LogP contribution in [-0.4, -0.2) is 23.0 Å². The van der Waals surface area contributed by atoms with E-state index in [0.29, 0.717) is 5.15 Å². The van der Waals surface area contributed by atoms with E-state index in [1.54, 1.807) is 6.20 Å². The Labute approximate surface area is 119 Å². The van der Waals surface area contributed by atoms with Gasteiger partial charge in [-0.05, 0) is 30.0 Å². The first-order chi connectivity index (χ1) is 9.33. The second-order valence-electron chi connectivity index (χ2n) is 5.00. The lowest BCUT2D eigenvalue weighted by Crippen LogP contribution is -2.26. The van der Waals surface area contributed by atoms with Crippen LogP contribution < -0.4 is 0 Å². The lowest BCUT2D eigenvalue weighted by molar-refractivity contribution is 0.279. The van der Waals surface area contributed by atoms with E-state index in [2.05, 4.69) is 40.2 Å². The molecule has 2 heterocycles. The zero-order valence-electron chi connectivity index (χ0n) is 10.8. The summed E-state index contributed by atoms with van der Waals surface area (Å²) in [6.45, 7) is 3.06. The molecule has 1 aromatic heterocycles. The van der Waals surface area contributed by atoms with Gasteiger partial charge in [0.25, 0.3) is 0 Å². The molecule has 0 unspecified atom stereocenters. The van der Waals surface area contributed by atoms with Crippen molar-refractivity contribution in [3.05, 3.63) is 64.4 Å². The molecule has 0 saturated heterocycles. The fraction of sp³-hybridized carbons (Fsp3) is 0.312. The molecule has 0 atom stereocenters. The highest BCUT2D eigenvalue weighted by Crippen LogP contribution is 2.19. The maximum atomic E-state index is 6.14. The second kappa shape index (κ2) is 5.72. The maximum Gasteiger partial charge on any atom is 0.133 e. The van der Waals surface area contributed by atoms with Gasteiger partial charge in [0, 0.05) is 31.4 Å². The summed E-state index contributed by atoms with van der Waals surface area (Å²) in [5.41, 5.74) is 4.10. The molecule has 0 N–H and O–H groups in total. The fourth-order valence-electron chi connectivity index (χ4n) is 2.65. The van der Waals surface area contributed by atoms with Crippen LogP contribution >= 0.6 is 11.6 Å². The van der Waals surface area contributed by atoms with Gasteiger partial charge in [-0.15, -0.1) is 0 Å². The molecule has 0 aliphatic carbocycles. The Bertz CT molecular complexity index is 541. The first-order valence-electron chi connectivity index (χ1n) is 6.71. The molecule has 1 aliphatic heterocycles. The van der Waals surface area contributed by atoms with E-state index in [9.17, 15) is 0 Å². The highest BCUT2D eigenvalue weighted by atomic mass is 35.5. The van der Waals surface area contributed by atoms with Crippen molar-refractivity contribution in [2.24, 2.45) is 0 Å². The van der Waals surface area contributed by atoms with Crippen LogP contribution in [0.15, 0.2) is 42.6 Å². The van der Waals surface area contributed by atoms with Gasteiger partial charge in [0.15, 0.2) is 0 Å². The van der Waals surface area contributed by atoms with Gasteiger partial charge in [-0.1, -0.05) is 41.9 Å². The third-order valence-electron chi connectivity index (χ3n) is 3.74. The number of hydrogen-bond acceptors (Lipinski definition) is 2. The largest absolute Gasteiger partial charge is 0.298 e. The van der Waals surface area contributed by atoms with Gasteiger partial charge in [0.2, 0.25) is 0 Å². The molecule has 98 valence electrons. The Morgan fingerprint density at radius 3 is 2.32 bits per heavy atom. The van der Waals surface area contributed by atoms with Crippen molar-refractivity contribution in [3.8, 4) is 0 Å². The third-order valence-corrected chi connectivity index (χ3v) is 4.08. The summed E-state index contributed by atoms with van der Waals surface area (Å²) in [4.78, 5) is 6.61. The van der Waals surface area contributed by atoms with E-state index in [1.165, 1.54) is 11.1 Å². The smallest absolute Gasteiger partial charge is 0.133 e. The number of fused-ring (bicyclic) bond motifs is 1. The van der Waals surface area contributed by atoms with Crippen molar-refractivity contribution < 1.29 is 0 Å². The molecule has 0 bridgehead atoms. The van der Waals surface area contributed by atoms with E-state index >= 15 is 0 Å². The van der Waals surface area contributed by atoms with Gasteiger partial charge < -0.3 is 0 Å². The first-order valence-corrected chi connectivity index (χ1v) is 7.09. The van der Waals surface area contributed by atoms with Crippen LogP contribution in [0.3, 0.4) is 0 Å². The van der Waals surface area contributed by atoms with E-state index < -0.39 is 0 Å². The van der Waals surface area contributed by atoms with Gasteiger partial charge in [0.05, 0.1) is 0 Å². The first kappa shape index (κ1) is 12.6. The van der Waals surface area contributed by atoms with Crippen molar-refractivity contribution in [1.29, 1.82) is 0 Å². The summed E-state index contributed by atoms with van der Waals surface area (Å²) >= 11 is 6.14. The Kier molecular flexibility index (Phi) is 3.81. The molecule has 0 fully saturated rings. The Morgan fingerprint density at radius 2 is 1.68 bits per heavy atom. The number of pyridine rings is 1. The summed E-state index contributed by atoms with van der Waals surface area (Å²) in [7, 11) is 0. The van der Waals surface area contributed by atoms with Gasteiger partial charge in [-0.25, -0.2) is 4.98 Å². The van der Waals surface area contributed by atoms with Crippen LogP contribution in [0.25, 0.3) is 0 Å². The maximum absolute atomic E-state index is 6.14. The van der Waals surface area contributed by atoms with E-state index in [4.69, 9.17) is 11.6 Å². The number of benzene rings is 1. The lowest BCUT2D eigenvalue weighted by Gasteiger charge is -2.20. The fourth-order valence-corrected chi connectivity index (χ4v) is 2.83. The van der Waals surface area contributed by atoms with Crippen LogP contribution in [0.1, 0.15) is 16.7 Å². The summed E-state index contributed by atoms with van der Waals surface area (Å²) in [5, 5.41) is 0.629. The second-order valence-corrected chi connectivity index (χ2v) is 5.36. The molecule has 3 rings (SSSR count). The molecule has 1 aromatic carbocycles. The van der Waals surface area contributed by atoms with Crippen molar-refractivity contribution in [1.82, 2.24) is 9.88 Å². The molecular formula is C16H17ClN2. The normalized spacial score (nSPS) is 15.8. The number of nitrogens with zero attached hydrogens (tertiary/aromatic N) is 2. The summed E-state index contributed by atoms with van der Waals surface area (Å²) in [6.07, 6.45) is 3.98. The Hall–Kier alpha value is -1.38. The number of rotatable bonds is 2. The van der Waals surface area contributed by atoms with Crippen molar-refractivity contribution in [2.75, 3.05) is 13.1 Å². The van der Waals surface area contributed by atoms with Crippen molar-refractivity contribution in [2.45, 2.75) is 19.4 Å². The molecule has 0 spiro atoms. The number of hydrogen-bond donors (Lipinski definition) is 0. The Morgan fingerprint density at radius 1 is 1.00 bits per heavy atom. The molecule has 0 amide bonds. The molecule has 1 aliphatic rings. The van der Waals surface area contributed by atoms with Gasteiger partial charge in [-0.2, -0.15) is 0 Å². The van der Waals surface area contributed by atoms with Crippen molar-refractivity contribution in [3.63, 3.8) is 0 Å². The van der Waals surface area contributed by atoms with E-state index in [0.717, 1.165) is 38.0 Å². The molecule has 0 saturated carbocycles. The zero-order valence-corrected chi connectivity index (χ0v) is 11.6. The molecule has 2 nitrogen and oxygen atoms in total. The minimum Gasteiger partial charge on any atom is -0.298 e. The average molecular weight is 273 g/mol. The van der Waals surface area contributed by atoms with Crippen LogP contribution in [0, 0.1) is 0 Å². The topological polar surface area (TPSA) is 16.1 Å². The number of halogens is 1. The van der Waals surface area contributed by atoms with E-state index in [1.807, 2.05) is 6.07 Å². The predicted molar refractivity (Wildman–Crippen MR) is 78.4 cm³/mol. The minimum atomic E-state index is 0.629. The van der Waals surface area contributed by atoms with Gasteiger partial charge >= 0.3 is 0 Å². The lowest BCUT2D eigenvalue weighted by atomic mass is 10.0. The summed E-state index contributed by atoms with van der Waals surface area (Å²) in [6, 6.07) is 12.8. The zero-order chi connectivity index (χ0) is 13.1. The van der Waals surface area contributed by atoms with Gasteiger partial charge in [-0.3, -0.25) is 4.90 Å². The van der Waals surface area contributed by atoms with Crippen molar-refractivity contribution >= 4 is 11.6 Å². The van der Waals surface area contributed by atoms with Gasteiger partial charge in [0.1, 0.15) is 5.15 Å². The SMILES string of the molecule is Clc1ncccc1CN1CCc2ccccc2CC1. The predicted octanol–water partition coefficient (Wildman–Crippen LogP) is 3.34. The summed E-state index contributed by atoms with van der Waals surface area (Å²) < 4.78 is 0. The van der Waals surface area contributed by atoms with Crippen LogP contribution in [0.4, 0.5) is 0 Å². The quantitative estimate of drug-likeness (QED) is 0.780. The monoisotopic (exact) mass is 272 g/mol. The standard InChI is InChI=1S/C16H17ClN2/c17-16-15(6-3-9-18-16)12-19-10-7-13-4-1-2-5-14(13)8-11-19/h1-6,9H,7-8,10-12H2. The Balaban J connectivity index is 1.71. The molecule has 2 aromatic rings. The van der Waals surface area contributed by atoms with E-state index in [-0.39, 0.29) is 0 Å².